The van der Waals surface area contributed by atoms with Crippen LogP contribution in [0.15, 0.2) is 10.9 Å². The summed E-state index contributed by atoms with van der Waals surface area (Å²) in [5.74, 6) is -0.166. The Labute approximate surface area is 85.2 Å². The topological polar surface area (TPSA) is 68.0 Å². The molecule has 0 saturated carbocycles. The molecule has 0 aliphatic rings. The van der Waals surface area contributed by atoms with E-state index in [1.807, 2.05) is 5.38 Å². The van der Waals surface area contributed by atoms with Gasteiger partial charge in [-0.2, -0.15) is 0 Å². The molecule has 4 nitrogen and oxygen atoms in total. The van der Waals surface area contributed by atoms with E-state index in [2.05, 4.69) is 22.5 Å². The van der Waals surface area contributed by atoms with Crippen molar-refractivity contribution >= 4 is 34.5 Å². The average molecular weight is 215 g/mol. The molecule has 70 valence electrons. The summed E-state index contributed by atoms with van der Waals surface area (Å²) in [7, 11) is 0. The zero-order valence-corrected chi connectivity index (χ0v) is 8.45. The molecule has 0 aliphatic heterocycles. The maximum absolute atomic E-state index is 11.0. The summed E-state index contributed by atoms with van der Waals surface area (Å²) in [6, 6.07) is 0. The van der Waals surface area contributed by atoms with E-state index in [0.29, 0.717) is 6.54 Å². The SMILES string of the molecule is NC(=S)CC(=O)NCc1cscn1. The maximum Gasteiger partial charge on any atom is 0.227 e. The largest absolute Gasteiger partial charge is 0.393 e. The second-order valence-corrected chi connectivity index (χ2v) is 3.64. The number of carbonyl (C=O) groups is 1. The van der Waals surface area contributed by atoms with Gasteiger partial charge in [0.25, 0.3) is 0 Å². The van der Waals surface area contributed by atoms with Gasteiger partial charge in [0.05, 0.1) is 29.2 Å². The van der Waals surface area contributed by atoms with Gasteiger partial charge in [0, 0.05) is 5.38 Å². The molecule has 0 fully saturated rings. The molecule has 1 amide bonds. The number of thiocarbonyl (C=S) groups is 1. The molecule has 1 aromatic rings. The van der Waals surface area contributed by atoms with Gasteiger partial charge in [-0.25, -0.2) is 4.98 Å². The van der Waals surface area contributed by atoms with E-state index in [9.17, 15) is 4.79 Å². The Hall–Kier alpha value is -1.01. The Bertz CT molecular complexity index is 297. The molecule has 1 rings (SSSR count). The standard InChI is InChI=1S/C7H9N3OS2/c8-6(12)1-7(11)9-2-5-3-13-4-10-5/h3-4H,1-2H2,(H2,8,12)(H,9,11). The minimum absolute atomic E-state index is 0.0967. The van der Waals surface area contributed by atoms with E-state index in [1.165, 1.54) is 11.3 Å². The molecule has 3 N–H and O–H groups in total. The zero-order valence-electron chi connectivity index (χ0n) is 6.82. The second kappa shape index (κ2) is 4.88. The first-order valence-corrected chi connectivity index (χ1v) is 4.95. The molecule has 0 aliphatic carbocycles. The first-order valence-electron chi connectivity index (χ1n) is 3.60. The summed E-state index contributed by atoms with van der Waals surface area (Å²) in [4.78, 5) is 15.3. The van der Waals surface area contributed by atoms with Crippen LogP contribution in [0.2, 0.25) is 0 Å². The molecule has 0 aromatic carbocycles. The van der Waals surface area contributed by atoms with Gasteiger partial charge < -0.3 is 11.1 Å². The lowest BCUT2D eigenvalue weighted by atomic mass is 10.4. The predicted molar refractivity (Wildman–Crippen MR) is 55.4 cm³/mol. The van der Waals surface area contributed by atoms with Gasteiger partial charge >= 0.3 is 0 Å². The Balaban J connectivity index is 2.27. The van der Waals surface area contributed by atoms with Crippen LogP contribution in [-0.2, 0) is 11.3 Å². The van der Waals surface area contributed by atoms with E-state index >= 15 is 0 Å². The van der Waals surface area contributed by atoms with Crippen LogP contribution < -0.4 is 11.1 Å². The van der Waals surface area contributed by atoms with Crippen LogP contribution in [0, 0.1) is 0 Å². The van der Waals surface area contributed by atoms with Crippen molar-refractivity contribution in [3.63, 3.8) is 0 Å². The minimum Gasteiger partial charge on any atom is -0.393 e. The van der Waals surface area contributed by atoms with Crippen LogP contribution in [0.3, 0.4) is 0 Å². The molecule has 0 atom stereocenters. The number of rotatable bonds is 4. The Morgan fingerprint density at radius 3 is 3.08 bits per heavy atom. The molecule has 0 saturated heterocycles. The molecule has 0 spiro atoms. The van der Waals surface area contributed by atoms with Crippen molar-refractivity contribution in [2.75, 3.05) is 0 Å². The summed E-state index contributed by atoms with van der Waals surface area (Å²) in [6.07, 6.45) is 0.0967. The van der Waals surface area contributed by atoms with Gasteiger partial charge in [-0.1, -0.05) is 12.2 Å². The van der Waals surface area contributed by atoms with Crippen LogP contribution in [0.5, 0.6) is 0 Å². The number of thiazole rings is 1. The normalized spacial score (nSPS) is 9.54. The van der Waals surface area contributed by atoms with E-state index in [-0.39, 0.29) is 17.3 Å². The third-order valence-electron chi connectivity index (χ3n) is 1.28. The fraction of sp³-hybridized carbons (Fsp3) is 0.286. The van der Waals surface area contributed by atoms with Gasteiger partial charge in [0.1, 0.15) is 0 Å². The first-order chi connectivity index (χ1) is 6.18. The summed E-state index contributed by atoms with van der Waals surface area (Å²) in [6.45, 7) is 0.435. The van der Waals surface area contributed by atoms with Crippen molar-refractivity contribution in [1.29, 1.82) is 0 Å². The number of nitrogens with zero attached hydrogens (tertiary/aromatic N) is 1. The van der Waals surface area contributed by atoms with Crippen molar-refractivity contribution in [2.45, 2.75) is 13.0 Å². The zero-order chi connectivity index (χ0) is 9.68. The molecule has 0 radical (unpaired) electrons. The Kier molecular flexibility index (Phi) is 3.78. The number of amides is 1. The molecule has 13 heavy (non-hydrogen) atoms. The van der Waals surface area contributed by atoms with Crippen molar-refractivity contribution in [3.05, 3.63) is 16.6 Å². The summed E-state index contributed by atoms with van der Waals surface area (Å²) in [5.41, 5.74) is 7.77. The van der Waals surface area contributed by atoms with Crippen LogP contribution in [0.25, 0.3) is 0 Å². The van der Waals surface area contributed by atoms with Crippen molar-refractivity contribution < 1.29 is 4.79 Å². The number of nitrogens with two attached hydrogens (primary N) is 1. The summed E-state index contributed by atoms with van der Waals surface area (Å²) >= 11 is 6.08. The van der Waals surface area contributed by atoms with Crippen LogP contribution >= 0.6 is 23.6 Å². The third-order valence-corrected chi connectivity index (χ3v) is 2.06. The van der Waals surface area contributed by atoms with Gasteiger partial charge in [0.15, 0.2) is 0 Å². The Morgan fingerprint density at radius 1 is 1.77 bits per heavy atom. The fourth-order valence-electron chi connectivity index (χ4n) is 0.735. The number of aromatic nitrogens is 1. The molecule has 0 bridgehead atoms. The fourth-order valence-corrected chi connectivity index (χ4v) is 1.42. The summed E-state index contributed by atoms with van der Waals surface area (Å²) < 4.78 is 0. The minimum atomic E-state index is -0.166. The van der Waals surface area contributed by atoms with Gasteiger partial charge in [-0.15, -0.1) is 11.3 Å². The molecular formula is C7H9N3OS2. The molecular weight excluding hydrogens is 206 g/mol. The van der Waals surface area contributed by atoms with Crippen molar-refractivity contribution in [1.82, 2.24) is 10.3 Å². The summed E-state index contributed by atoms with van der Waals surface area (Å²) in [5, 5.41) is 4.53. The third kappa shape index (κ3) is 3.95. The molecule has 0 unspecified atom stereocenters. The predicted octanol–water partition coefficient (Wildman–Crippen LogP) is 0.435. The lowest BCUT2D eigenvalue weighted by molar-refractivity contribution is -0.120. The quantitative estimate of drug-likeness (QED) is 0.715. The maximum atomic E-state index is 11.0. The average Bonchev–Trinajstić information content (AvgIpc) is 2.51. The number of hydrogen-bond donors (Lipinski definition) is 2. The van der Waals surface area contributed by atoms with Crippen LogP contribution in [-0.4, -0.2) is 15.9 Å². The van der Waals surface area contributed by atoms with Gasteiger partial charge in [-0.3, -0.25) is 4.79 Å². The van der Waals surface area contributed by atoms with Gasteiger partial charge in [0.2, 0.25) is 5.91 Å². The monoisotopic (exact) mass is 215 g/mol. The number of hydrogen-bond acceptors (Lipinski definition) is 4. The lowest BCUT2D eigenvalue weighted by Crippen LogP contribution is -2.27. The first kappa shape index (κ1) is 10.1. The molecule has 1 heterocycles. The molecule has 1 aromatic heterocycles. The van der Waals surface area contributed by atoms with E-state index in [0.717, 1.165) is 5.69 Å². The van der Waals surface area contributed by atoms with Crippen LogP contribution in [0.4, 0.5) is 0 Å². The Morgan fingerprint density at radius 2 is 2.54 bits per heavy atom. The highest BCUT2D eigenvalue weighted by molar-refractivity contribution is 7.80. The smallest absolute Gasteiger partial charge is 0.227 e. The number of nitrogens with one attached hydrogen (secondary N) is 1. The second-order valence-electron chi connectivity index (χ2n) is 2.40. The highest BCUT2D eigenvalue weighted by atomic mass is 32.1. The molecule has 6 heteroatoms. The highest BCUT2D eigenvalue weighted by Gasteiger charge is 2.02. The lowest BCUT2D eigenvalue weighted by Gasteiger charge is -2.00. The van der Waals surface area contributed by atoms with Crippen molar-refractivity contribution in [3.8, 4) is 0 Å². The van der Waals surface area contributed by atoms with Crippen LogP contribution in [0.1, 0.15) is 12.1 Å². The highest BCUT2D eigenvalue weighted by Crippen LogP contribution is 1.99. The van der Waals surface area contributed by atoms with Crippen molar-refractivity contribution in [2.24, 2.45) is 5.73 Å². The van der Waals surface area contributed by atoms with Gasteiger partial charge in [-0.05, 0) is 0 Å². The number of carbonyl (C=O) groups excluding carboxylic acids is 1. The van der Waals surface area contributed by atoms with E-state index < -0.39 is 0 Å². The van der Waals surface area contributed by atoms with E-state index in [1.54, 1.807) is 5.51 Å². The van der Waals surface area contributed by atoms with E-state index in [4.69, 9.17) is 5.73 Å².